The molecule has 0 radical (unpaired) electrons. The zero-order chi connectivity index (χ0) is 20.4. The number of para-hydroxylation sites is 1. The van der Waals surface area contributed by atoms with Crippen LogP contribution in [0.1, 0.15) is 57.8 Å². The van der Waals surface area contributed by atoms with Crippen LogP contribution in [0.4, 0.5) is 0 Å². The summed E-state index contributed by atoms with van der Waals surface area (Å²) in [6, 6.07) is 7.09. The van der Waals surface area contributed by atoms with Crippen molar-refractivity contribution in [1.82, 2.24) is 5.06 Å². The maximum atomic E-state index is 12.2. The Bertz CT molecular complexity index is 604. The maximum absolute atomic E-state index is 12.2. The van der Waals surface area contributed by atoms with E-state index in [1.54, 1.807) is 6.07 Å². The zero-order valence-corrected chi connectivity index (χ0v) is 16.9. The second-order valence-electron chi connectivity index (χ2n) is 7.36. The van der Waals surface area contributed by atoms with Gasteiger partial charge in [0.15, 0.2) is 6.67 Å². The van der Waals surface area contributed by atoms with Crippen LogP contribution in [0, 0.1) is 5.21 Å². The van der Waals surface area contributed by atoms with Crippen LogP contribution < -0.4 is 9.80 Å². The highest BCUT2D eigenvalue weighted by atomic mass is 35.5. The standard InChI is InChI=1S/C20H31ClN2O5/c21-16-9-5-6-12-19(16)28-14-8-7-11-18-17(22(26)15-23(18)27)10-3-1-2-4-13-20(24)25/h5-6,9,12,17-18,22,27H,1-4,7-8,10-11,13-15H2,(H,24,25). The summed E-state index contributed by atoms with van der Waals surface area (Å²) in [5.41, 5.74) is 0. The summed E-state index contributed by atoms with van der Waals surface area (Å²) in [5.74, 6) is -0.0924. The molecule has 0 bridgehead atoms. The molecule has 0 spiro atoms. The predicted octanol–water partition coefficient (Wildman–Crippen LogP) is 3.10. The lowest BCUT2D eigenvalue weighted by Gasteiger charge is -2.26. The number of nitrogens with one attached hydrogen (secondary N) is 1. The minimum Gasteiger partial charge on any atom is -0.633 e. The summed E-state index contributed by atoms with van der Waals surface area (Å²) in [5, 5.41) is 32.8. The lowest BCUT2D eigenvalue weighted by atomic mass is 9.97. The maximum Gasteiger partial charge on any atom is 0.303 e. The molecule has 1 aromatic rings. The van der Waals surface area contributed by atoms with E-state index in [4.69, 9.17) is 21.4 Å². The average molecular weight is 415 g/mol. The number of carboxylic acid groups (broad SMARTS) is 1. The van der Waals surface area contributed by atoms with Crippen molar-refractivity contribution in [2.75, 3.05) is 13.3 Å². The van der Waals surface area contributed by atoms with Crippen molar-refractivity contribution >= 4 is 17.6 Å². The van der Waals surface area contributed by atoms with Gasteiger partial charge in [0.25, 0.3) is 0 Å². The quantitative estimate of drug-likeness (QED) is 0.339. The number of nitrogens with zero attached hydrogens (tertiary/aromatic N) is 1. The topological polar surface area (TPSA) is 97.5 Å². The van der Waals surface area contributed by atoms with Gasteiger partial charge in [-0.25, -0.2) is 0 Å². The van der Waals surface area contributed by atoms with Crippen molar-refractivity contribution in [2.24, 2.45) is 0 Å². The van der Waals surface area contributed by atoms with Gasteiger partial charge in [0.1, 0.15) is 11.8 Å². The second kappa shape index (κ2) is 12.2. The first kappa shape index (κ1) is 22.9. The summed E-state index contributed by atoms with van der Waals surface area (Å²) in [6.45, 7) is 0.647. The van der Waals surface area contributed by atoms with E-state index in [0.717, 1.165) is 44.9 Å². The van der Waals surface area contributed by atoms with Crippen molar-refractivity contribution in [3.05, 3.63) is 34.5 Å². The molecule has 7 nitrogen and oxygen atoms in total. The lowest BCUT2D eigenvalue weighted by molar-refractivity contribution is -0.869. The molecule has 1 heterocycles. The highest BCUT2D eigenvalue weighted by Gasteiger charge is 2.38. The molecule has 1 saturated heterocycles. The van der Waals surface area contributed by atoms with E-state index in [1.807, 2.05) is 18.2 Å². The Balaban J connectivity index is 1.65. The Morgan fingerprint density at radius 1 is 1.18 bits per heavy atom. The van der Waals surface area contributed by atoms with Gasteiger partial charge in [-0.05, 0) is 44.2 Å². The van der Waals surface area contributed by atoms with E-state index < -0.39 is 5.97 Å². The molecule has 2 rings (SSSR count). The SMILES string of the molecule is O=C(O)CCCCCCC1C(CCCCOc2ccccc2Cl)N(O)C[NH+]1[O-]. The Kier molecular flexibility index (Phi) is 10.0. The van der Waals surface area contributed by atoms with Crippen molar-refractivity contribution < 1.29 is 24.9 Å². The Hall–Kier alpha value is -1.38. The second-order valence-corrected chi connectivity index (χ2v) is 7.77. The van der Waals surface area contributed by atoms with E-state index in [9.17, 15) is 15.2 Å². The van der Waals surface area contributed by atoms with Crippen LogP contribution >= 0.6 is 11.6 Å². The van der Waals surface area contributed by atoms with Crippen molar-refractivity contribution in [1.29, 1.82) is 0 Å². The normalized spacial score (nSPS) is 22.5. The average Bonchev–Trinajstić information content (AvgIpc) is 2.92. The number of rotatable bonds is 13. The number of carboxylic acids is 1. The molecule has 1 aliphatic heterocycles. The molecule has 3 N–H and O–H groups in total. The number of ether oxygens (including phenoxy) is 1. The molecule has 1 aliphatic rings. The molecule has 158 valence electrons. The third-order valence-electron chi connectivity index (χ3n) is 5.22. The lowest BCUT2D eigenvalue weighted by Crippen LogP contribution is -3.10. The summed E-state index contributed by atoms with van der Waals surface area (Å²) in [7, 11) is 0. The number of hydrogen-bond acceptors (Lipinski definition) is 5. The number of benzene rings is 1. The number of unbranched alkanes of at least 4 members (excludes halogenated alkanes) is 4. The molecule has 28 heavy (non-hydrogen) atoms. The van der Waals surface area contributed by atoms with Gasteiger partial charge in [0, 0.05) is 12.8 Å². The first-order chi connectivity index (χ1) is 13.5. The molecule has 1 aromatic carbocycles. The highest BCUT2D eigenvalue weighted by Crippen LogP contribution is 2.23. The van der Waals surface area contributed by atoms with E-state index in [2.05, 4.69) is 0 Å². The van der Waals surface area contributed by atoms with Crippen molar-refractivity contribution in [2.45, 2.75) is 69.9 Å². The Morgan fingerprint density at radius 3 is 2.64 bits per heavy atom. The van der Waals surface area contributed by atoms with Gasteiger partial charge in [-0.2, -0.15) is 0 Å². The van der Waals surface area contributed by atoms with Gasteiger partial charge in [-0.15, -0.1) is 5.06 Å². The van der Waals surface area contributed by atoms with Crippen molar-refractivity contribution in [3.8, 4) is 5.75 Å². The molecule has 0 amide bonds. The smallest absolute Gasteiger partial charge is 0.303 e. The first-order valence-electron chi connectivity index (χ1n) is 10.1. The van der Waals surface area contributed by atoms with Crippen LogP contribution in [0.25, 0.3) is 0 Å². The third-order valence-corrected chi connectivity index (χ3v) is 5.54. The summed E-state index contributed by atoms with van der Waals surface area (Å²) < 4.78 is 5.68. The van der Waals surface area contributed by atoms with E-state index in [1.165, 1.54) is 5.06 Å². The molecule has 3 unspecified atom stereocenters. The summed E-state index contributed by atoms with van der Waals surface area (Å²) in [4.78, 5) is 10.5. The van der Waals surface area contributed by atoms with Gasteiger partial charge >= 0.3 is 5.97 Å². The molecule has 3 atom stereocenters. The largest absolute Gasteiger partial charge is 0.633 e. The highest BCUT2D eigenvalue weighted by molar-refractivity contribution is 6.32. The van der Waals surface area contributed by atoms with Crippen LogP contribution in [-0.2, 0) is 4.79 Å². The number of quaternary nitrogens is 1. The number of hydroxylamine groups is 4. The first-order valence-corrected chi connectivity index (χ1v) is 10.4. The van der Waals surface area contributed by atoms with Gasteiger partial charge in [0.2, 0.25) is 0 Å². The molecule has 0 saturated carbocycles. The molecule has 0 aliphatic carbocycles. The molecular formula is C20H31ClN2O5. The molecule has 8 heteroatoms. The van der Waals surface area contributed by atoms with Crippen LogP contribution in [0.5, 0.6) is 5.75 Å². The monoisotopic (exact) mass is 414 g/mol. The zero-order valence-electron chi connectivity index (χ0n) is 16.2. The third kappa shape index (κ3) is 7.56. The van der Waals surface area contributed by atoms with Crippen LogP contribution in [-0.4, -0.2) is 46.7 Å². The fourth-order valence-electron chi connectivity index (χ4n) is 3.71. The number of aliphatic carboxylic acids is 1. The van der Waals surface area contributed by atoms with Gasteiger partial charge in [-0.1, -0.05) is 36.6 Å². The summed E-state index contributed by atoms with van der Waals surface area (Å²) in [6.07, 6.45) is 6.72. The Morgan fingerprint density at radius 2 is 1.89 bits per heavy atom. The van der Waals surface area contributed by atoms with Crippen LogP contribution in [0.15, 0.2) is 24.3 Å². The van der Waals surface area contributed by atoms with Crippen LogP contribution in [0.3, 0.4) is 0 Å². The van der Waals surface area contributed by atoms with Crippen molar-refractivity contribution in [3.63, 3.8) is 0 Å². The van der Waals surface area contributed by atoms with Crippen LogP contribution in [0.2, 0.25) is 5.02 Å². The molecular weight excluding hydrogens is 384 g/mol. The number of hydrogen-bond donors (Lipinski definition) is 3. The number of halogens is 1. The number of carbonyl (C=O) groups is 1. The fourth-order valence-corrected chi connectivity index (χ4v) is 3.90. The molecule has 1 fully saturated rings. The fraction of sp³-hybridized carbons (Fsp3) is 0.650. The van der Waals surface area contributed by atoms with Gasteiger partial charge in [0.05, 0.1) is 17.7 Å². The van der Waals surface area contributed by atoms with E-state index in [-0.39, 0.29) is 30.2 Å². The minimum absolute atomic E-state index is 0.102. The Labute approximate surface area is 171 Å². The predicted molar refractivity (Wildman–Crippen MR) is 107 cm³/mol. The summed E-state index contributed by atoms with van der Waals surface area (Å²) >= 11 is 6.06. The van der Waals surface area contributed by atoms with Gasteiger partial charge < -0.3 is 25.3 Å². The molecule has 0 aromatic heterocycles. The van der Waals surface area contributed by atoms with Gasteiger partial charge in [-0.3, -0.25) is 4.79 Å². The van der Waals surface area contributed by atoms with E-state index in [0.29, 0.717) is 23.8 Å². The van der Waals surface area contributed by atoms with E-state index >= 15 is 0 Å². The minimum atomic E-state index is -0.763.